The molecule has 0 saturated heterocycles. The SMILES string of the molecule is CC(C)Cn1nccc1NC(=O)c1cccc(Br)c1. The van der Waals surface area contributed by atoms with Gasteiger partial charge in [-0.3, -0.25) is 4.79 Å². The van der Waals surface area contributed by atoms with Gasteiger partial charge in [0.25, 0.3) is 5.91 Å². The van der Waals surface area contributed by atoms with Crippen molar-refractivity contribution in [2.75, 3.05) is 5.32 Å². The quantitative estimate of drug-likeness (QED) is 0.936. The smallest absolute Gasteiger partial charge is 0.256 e. The first-order chi connectivity index (χ1) is 9.06. The first-order valence-electron chi connectivity index (χ1n) is 6.15. The summed E-state index contributed by atoms with van der Waals surface area (Å²) < 4.78 is 2.69. The van der Waals surface area contributed by atoms with Crippen LogP contribution in [0.4, 0.5) is 5.82 Å². The average Bonchev–Trinajstić information content (AvgIpc) is 2.75. The molecule has 0 aliphatic rings. The monoisotopic (exact) mass is 321 g/mol. The second-order valence-electron chi connectivity index (χ2n) is 4.76. The zero-order valence-corrected chi connectivity index (χ0v) is 12.5. The lowest BCUT2D eigenvalue weighted by molar-refractivity contribution is 0.102. The van der Waals surface area contributed by atoms with Gasteiger partial charge in [-0.2, -0.15) is 5.10 Å². The molecule has 19 heavy (non-hydrogen) atoms. The minimum atomic E-state index is -0.133. The number of carbonyl (C=O) groups excluding carboxylic acids is 1. The van der Waals surface area contributed by atoms with E-state index in [1.165, 1.54) is 0 Å². The molecule has 1 N–H and O–H groups in total. The van der Waals surface area contributed by atoms with E-state index in [2.05, 4.69) is 40.2 Å². The minimum Gasteiger partial charge on any atom is -0.307 e. The van der Waals surface area contributed by atoms with Crippen LogP contribution in [0.2, 0.25) is 0 Å². The summed E-state index contributed by atoms with van der Waals surface area (Å²) in [7, 11) is 0. The van der Waals surface area contributed by atoms with Crippen molar-refractivity contribution >= 4 is 27.7 Å². The lowest BCUT2D eigenvalue weighted by Gasteiger charge is -2.11. The second-order valence-corrected chi connectivity index (χ2v) is 5.67. The number of hydrogen-bond acceptors (Lipinski definition) is 2. The second kappa shape index (κ2) is 6.02. The maximum atomic E-state index is 12.1. The van der Waals surface area contributed by atoms with Crippen LogP contribution in [0.15, 0.2) is 41.0 Å². The molecule has 1 heterocycles. The molecule has 100 valence electrons. The number of hydrogen-bond donors (Lipinski definition) is 1. The number of nitrogens with zero attached hydrogens (tertiary/aromatic N) is 2. The number of anilines is 1. The van der Waals surface area contributed by atoms with Crippen molar-refractivity contribution in [3.05, 3.63) is 46.6 Å². The van der Waals surface area contributed by atoms with E-state index in [1.54, 1.807) is 29.1 Å². The Morgan fingerprint density at radius 1 is 1.42 bits per heavy atom. The van der Waals surface area contributed by atoms with Crippen LogP contribution in [-0.4, -0.2) is 15.7 Å². The zero-order valence-electron chi connectivity index (χ0n) is 10.9. The highest BCUT2D eigenvalue weighted by Gasteiger charge is 2.10. The van der Waals surface area contributed by atoms with E-state index >= 15 is 0 Å². The van der Waals surface area contributed by atoms with Crippen LogP contribution in [0.25, 0.3) is 0 Å². The molecule has 0 atom stereocenters. The standard InChI is InChI=1S/C14H16BrN3O/c1-10(2)9-18-13(6-7-16-18)17-14(19)11-4-3-5-12(15)8-11/h3-8,10H,9H2,1-2H3,(H,17,19). The third-order valence-corrected chi connectivity index (χ3v) is 3.08. The molecule has 1 aromatic carbocycles. The highest BCUT2D eigenvalue weighted by atomic mass is 79.9. The Labute approximate surface area is 120 Å². The van der Waals surface area contributed by atoms with E-state index in [0.717, 1.165) is 16.8 Å². The fourth-order valence-electron chi connectivity index (χ4n) is 1.75. The maximum absolute atomic E-state index is 12.1. The third-order valence-electron chi connectivity index (χ3n) is 2.58. The van der Waals surface area contributed by atoms with Gasteiger partial charge < -0.3 is 5.32 Å². The first-order valence-corrected chi connectivity index (χ1v) is 6.94. The summed E-state index contributed by atoms with van der Waals surface area (Å²) in [6.45, 7) is 5.00. The fraction of sp³-hybridized carbons (Fsp3) is 0.286. The molecule has 5 heteroatoms. The summed E-state index contributed by atoms with van der Waals surface area (Å²) in [6.07, 6.45) is 1.69. The number of amides is 1. The van der Waals surface area contributed by atoms with Gasteiger partial charge in [0.15, 0.2) is 0 Å². The van der Waals surface area contributed by atoms with Crippen molar-refractivity contribution < 1.29 is 4.79 Å². The van der Waals surface area contributed by atoms with Crippen LogP contribution >= 0.6 is 15.9 Å². The molecule has 0 unspecified atom stereocenters. The summed E-state index contributed by atoms with van der Waals surface area (Å²) in [5, 5.41) is 7.09. The summed E-state index contributed by atoms with van der Waals surface area (Å²) in [4.78, 5) is 12.1. The van der Waals surface area contributed by atoms with Crippen molar-refractivity contribution in [1.29, 1.82) is 0 Å². The van der Waals surface area contributed by atoms with E-state index in [4.69, 9.17) is 0 Å². The highest BCUT2D eigenvalue weighted by molar-refractivity contribution is 9.10. The number of rotatable bonds is 4. The van der Waals surface area contributed by atoms with Crippen LogP contribution in [0.3, 0.4) is 0 Å². The van der Waals surface area contributed by atoms with Gasteiger partial charge in [-0.15, -0.1) is 0 Å². The fourth-order valence-corrected chi connectivity index (χ4v) is 2.15. The minimum absolute atomic E-state index is 0.133. The van der Waals surface area contributed by atoms with Crippen molar-refractivity contribution in [2.45, 2.75) is 20.4 Å². The largest absolute Gasteiger partial charge is 0.307 e. The van der Waals surface area contributed by atoms with Gasteiger partial charge in [-0.1, -0.05) is 35.8 Å². The molecule has 0 bridgehead atoms. The topological polar surface area (TPSA) is 46.9 Å². The van der Waals surface area contributed by atoms with Crippen molar-refractivity contribution in [3.63, 3.8) is 0 Å². The molecule has 1 amide bonds. The molecular weight excluding hydrogens is 306 g/mol. The van der Waals surface area contributed by atoms with Crippen LogP contribution in [-0.2, 0) is 6.54 Å². The molecule has 0 radical (unpaired) electrons. The maximum Gasteiger partial charge on any atom is 0.256 e. The van der Waals surface area contributed by atoms with E-state index in [0.29, 0.717) is 11.5 Å². The predicted octanol–water partition coefficient (Wildman–Crippen LogP) is 3.55. The van der Waals surface area contributed by atoms with E-state index in [1.807, 2.05) is 12.1 Å². The summed E-state index contributed by atoms with van der Waals surface area (Å²) in [5.74, 6) is 1.06. The van der Waals surface area contributed by atoms with Gasteiger partial charge in [-0.05, 0) is 24.1 Å². The summed E-state index contributed by atoms with van der Waals surface area (Å²) in [6, 6.07) is 9.10. The molecule has 0 saturated carbocycles. The zero-order chi connectivity index (χ0) is 13.8. The van der Waals surface area contributed by atoms with Crippen LogP contribution < -0.4 is 5.32 Å². The number of carbonyl (C=O) groups is 1. The Morgan fingerprint density at radius 3 is 2.89 bits per heavy atom. The molecule has 2 aromatic rings. The number of halogens is 1. The molecule has 0 fully saturated rings. The number of nitrogens with one attached hydrogen (secondary N) is 1. The Bertz CT molecular complexity index is 578. The molecule has 0 aliphatic carbocycles. The lowest BCUT2D eigenvalue weighted by atomic mass is 10.2. The van der Waals surface area contributed by atoms with Crippen molar-refractivity contribution in [2.24, 2.45) is 5.92 Å². The Kier molecular flexibility index (Phi) is 4.37. The Hall–Kier alpha value is -1.62. The molecule has 1 aromatic heterocycles. The summed E-state index contributed by atoms with van der Waals surface area (Å²) >= 11 is 3.36. The van der Waals surface area contributed by atoms with Crippen molar-refractivity contribution in [1.82, 2.24) is 9.78 Å². The van der Waals surface area contributed by atoms with Gasteiger partial charge in [0, 0.05) is 22.6 Å². The Balaban J connectivity index is 2.13. The summed E-state index contributed by atoms with van der Waals surface area (Å²) in [5.41, 5.74) is 0.617. The predicted molar refractivity (Wildman–Crippen MR) is 79.2 cm³/mol. The Morgan fingerprint density at radius 2 is 2.21 bits per heavy atom. The highest BCUT2D eigenvalue weighted by Crippen LogP contribution is 2.14. The van der Waals surface area contributed by atoms with E-state index in [-0.39, 0.29) is 5.91 Å². The first kappa shape index (κ1) is 13.8. The molecular formula is C14H16BrN3O. The number of benzene rings is 1. The van der Waals surface area contributed by atoms with Gasteiger partial charge in [0.05, 0.1) is 6.20 Å². The van der Waals surface area contributed by atoms with Crippen molar-refractivity contribution in [3.8, 4) is 0 Å². The van der Waals surface area contributed by atoms with Gasteiger partial charge >= 0.3 is 0 Å². The third kappa shape index (κ3) is 3.67. The normalized spacial score (nSPS) is 10.7. The molecule has 4 nitrogen and oxygen atoms in total. The van der Waals surface area contributed by atoms with Gasteiger partial charge in [0.2, 0.25) is 0 Å². The van der Waals surface area contributed by atoms with Gasteiger partial charge in [-0.25, -0.2) is 4.68 Å². The van der Waals surface area contributed by atoms with Gasteiger partial charge in [0.1, 0.15) is 5.82 Å². The average molecular weight is 322 g/mol. The van der Waals surface area contributed by atoms with E-state index in [9.17, 15) is 4.79 Å². The molecule has 0 spiro atoms. The van der Waals surface area contributed by atoms with Crippen LogP contribution in [0, 0.1) is 5.92 Å². The van der Waals surface area contributed by atoms with Crippen LogP contribution in [0.5, 0.6) is 0 Å². The van der Waals surface area contributed by atoms with Crippen LogP contribution in [0.1, 0.15) is 24.2 Å². The van der Waals surface area contributed by atoms with E-state index < -0.39 is 0 Å². The number of aromatic nitrogens is 2. The molecule has 2 rings (SSSR count). The lowest BCUT2D eigenvalue weighted by Crippen LogP contribution is -2.17. The molecule has 0 aliphatic heterocycles.